The minimum absolute atomic E-state index is 0.0558. The summed E-state index contributed by atoms with van der Waals surface area (Å²) in [6.45, 7) is 0.352. The van der Waals surface area contributed by atoms with Gasteiger partial charge in [-0.3, -0.25) is 14.2 Å². The number of aromatic nitrogens is 3. The van der Waals surface area contributed by atoms with Crippen LogP contribution in [0.25, 0.3) is 17.1 Å². The lowest BCUT2D eigenvalue weighted by molar-refractivity contribution is -0.145. The number of esters is 1. The minimum atomic E-state index is -0.558. The van der Waals surface area contributed by atoms with Crippen LogP contribution in [-0.2, 0) is 19.1 Å². The molecule has 1 amide bonds. The number of nitrogens with zero attached hydrogens (tertiary/aromatic N) is 3. The monoisotopic (exact) mass is 444 g/mol. The average molecular weight is 444 g/mol. The molecule has 31 heavy (non-hydrogen) atoms. The summed E-state index contributed by atoms with van der Waals surface area (Å²) in [6.07, 6.45) is 0. The minimum Gasteiger partial charge on any atom is -0.455 e. The highest BCUT2D eigenvalue weighted by molar-refractivity contribution is 7.99. The molecule has 0 aliphatic heterocycles. The second-order valence-corrected chi connectivity index (χ2v) is 7.22. The Bertz CT molecular complexity index is 1010. The first-order valence-corrected chi connectivity index (χ1v) is 10.4. The Balaban J connectivity index is 1.69. The van der Waals surface area contributed by atoms with Gasteiger partial charge in [0.05, 0.1) is 12.4 Å². The second-order valence-electron chi connectivity index (χ2n) is 6.28. The zero-order valence-electron chi connectivity index (χ0n) is 16.8. The molecule has 0 aliphatic rings. The average Bonchev–Trinajstić information content (AvgIpc) is 3.21. The number of halogens is 1. The van der Waals surface area contributed by atoms with E-state index in [9.17, 15) is 14.0 Å². The Morgan fingerprint density at radius 3 is 2.55 bits per heavy atom. The van der Waals surface area contributed by atoms with Crippen LogP contribution in [0, 0.1) is 5.82 Å². The quantitative estimate of drug-likeness (QED) is 0.292. The Labute approximate surface area is 182 Å². The van der Waals surface area contributed by atoms with Crippen LogP contribution in [0.3, 0.4) is 0 Å². The van der Waals surface area contributed by atoms with Gasteiger partial charge >= 0.3 is 5.97 Å². The summed E-state index contributed by atoms with van der Waals surface area (Å²) in [5.41, 5.74) is 1.47. The maximum absolute atomic E-state index is 13.3. The Morgan fingerprint density at radius 2 is 1.84 bits per heavy atom. The zero-order valence-corrected chi connectivity index (χ0v) is 17.6. The van der Waals surface area contributed by atoms with Crippen molar-refractivity contribution in [2.24, 2.45) is 0 Å². The molecule has 10 heteroatoms. The van der Waals surface area contributed by atoms with Gasteiger partial charge in [-0.2, -0.15) is 0 Å². The van der Waals surface area contributed by atoms with Crippen molar-refractivity contribution in [1.82, 2.24) is 20.1 Å². The van der Waals surface area contributed by atoms with Gasteiger partial charge in [-0.05, 0) is 36.4 Å². The number of methoxy groups -OCH3 is 1. The number of para-hydroxylation sites is 1. The van der Waals surface area contributed by atoms with E-state index in [-0.39, 0.29) is 18.2 Å². The van der Waals surface area contributed by atoms with Crippen LogP contribution in [-0.4, -0.2) is 59.3 Å². The van der Waals surface area contributed by atoms with Crippen LogP contribution < -0.4 is 5.32 Å². The van der Waals surface area contributed by atoms with E-state index in [1.165, 1.54) is 19.2 Å². The van der Waals surface area contributed by atoms with Crippen LogP contribution in [0.15, 0.2) is 59.8 Å². The molecule has 3 rings (SSSR count). The first kappa shape index (κ1) is 22.4. The zero-order chi connectivity index (χ0) is 22.1. The van der Waals surface area contributed by atoms with E-state index in [1.807, 2.05) is 30.3 Å². The lowest BCUT2D eigenvalue weighted by atomic mass is 10.2. The summed E-state index contributed by atoms with van der Waals surface area (Å²) >= 11 is 1.13. The Morgan fingerprint density at radius 1 is 1.10 bits per heavy atom. The molecule has 8 nitrogen and oxygen atoms in total. The fourth-order valence-electron chi connectivity index (χ4n) is 2.61. The largest absolute Gasteiger partial charge is 0.455 e. The molecule has 0 bridgehead atoms. The van der Waals surface area contributed by atoms with Crippen molar-refractivity contribution in [3.63, 3.8) is 0 Å². The third-order valence-corrected chi connectivity index (χ3v) is 4.96. The molecule has 0 unspecified atom stereocenters. The van der Waals surface area contributed by atoms with Gasteiger partial charge in [-0.25, -0.2) is 4.39 Å². The number of rotatable bonds is 10. The third kappa shape index (κ3) is 6.37. The number of amides is 1. The van der Waals surface area contributed by atoms with Crippen LogP contribution in [0.5, 0.6) is 0 Å². The third-order valence-electron chi connectivity index (χ3n) is 4.06. The van der Waals surface area contributed by atoms with E-state index in [0.717, 1.165) is 17.4 Å². The first-order chi connectivity index (χ1) is 15.1. The van der Waals surface area contributed by atoms with Crippen molar-refractivity contribution in [1.29, 1.82) is 0 Å². The van der Waals surface area contributed by atoms with Gasteiger partial charge in [-0.1, -0.05) is 30.0 Å². The number of benzene rings is 2. The van der Waals surface area contributed by atoms with Gasteiger partial charge in [0.2, 0.25) is 0 Å². The number of carbonyl (C=O) groups is 2. The predicted octanol–water partition coefficient (Wildman–Crippen LogP) is 2.47. The summed E-state index contributed by atoms with van der Waals surface area (Å²) in [5, 5.41) is 11.5. The SMILES string of the molecule is COCCNC(=O)COC(=O)CSc1nnc(-c2ccc(F)cc2)n1-c1ccccc1. The molecule has 2 aromatic carbocycles. The molecule has 1 heterocycles. The van der Waals surface area contributed by atoms with Gasteiger partial charge in [0.1, 0.15) is 5.82 Å². The molecule has 0 radical (unpaired) electrons. The maximum Gasteiger partial charge on any atom is 0.316 e. The van der Waals surface area contributed by atoms with Crippen LogP contribution in [0.2, 0.25) is 0 Å². The number of hydrogen-bond donors (Lipinski definition) is 1. The maximum atomic E-state index is 13.3. The molecule has 0 saturated carbocycles. The number of hydrogen-bond acceptors (Lipinski definition) is 7. The van der Waals surface area contributed by atoms with Crippen molar-refractivity contribution in [2.75, 3.05) is 32.6 Å². The smallest absolute Gasteiger partial charge is 0.316 e. The summed E-state index contributed by atoms with van der Waals surface area (Å²) in [4.78, 5) is 23.7. The molecule has 0 spiro atoms. The van der Waals surface area contributed by atoms with Gasteiger partial charge in [0.25, 0.3) is 5.91 Å². The Kier molecular flexibility index (Phi) is 8.13. The number of carbonyl (C=O) groups excluding carboxylic acids is 2. The molecule has 1 aromatic heterocycles. The fourth-order valence-corrected chi connectivity index (χ4v) is 3.36. The molecule has 162 valence electrons. The van der Waals surface area contributed by atoms with E-state index in [1.54, 1.807) is 16.7 Å². The summed E-state index contributed by atoms with van der Waals surface area (Å²) in [7, 11) is 1.53. The fraction of sp³-hybridized carbons (Fsp3) is 0.238. The van der Waals surface area contributed by atoms with E-state index in [0.29, 0.717) is 29.7 Å². The summed E-state index contributed by atoms with van der Waals surface area (Å²) < 4.78 is 24.9. The van der Waals surface area contributed by atoms with Gasteiger partial charge in [0.15, 0.2) is 17.6 Å². The van der Waals surface area contributed by atoms with Gasteiger partial charge < -0.3 is 14.8 Å². The number of nitrogens with one attached hydrogen (secondary N) is 1. The van der Waals surface area contributed by atoms with Gasteiger partial charge in [0, 0.05) is 24.9 Å². The molecule has 1 N–H and O–H groups in total. The van der Waals surface area contributed by atoms with Crippen LogP contribution in [0.4, 0.5) is 4.39 Å². The van der Waals surface area contributed by atoms with Crippen LogP contribution in [0.1, 0.15) is 0 Å². The van der Waals surface area contributed by atoms with E-state index >= 15 is 0 Å². The molecule has 0 saturated heterocycles. The highest BCUT2D eigenvalue weighted by atomic mass is 32.2. The standard InChI is InChI=1S/C21H21FN4O4S/c1-29-12-11-23-18(27)13-30-19(28)14-31-21-25-24-20(15-7-9-16(22)10-8-15)26(21)17-5-3-2-4-6-17/h2-10H,11-14H2,1H3,(H,23,27). The van der Waals surface area contributed by atoms with Crippen molar-refractivity contribution in [2.45, 2.75) is 5.16 Å². The second kappa shape index (κ2) is 11.2. The number of thioether (sulfide) groups is 1. The normalized spacial score (nSPS) is 10.6. The van der Waals surface area contributed by atoms with Gasteiger partial charge in [-0.15, -0.1) is 10.2 Å². The highest BCUT2D eigenvalue weighted by Crippen LogP contribution is 2.28. The van der Waals surface area contributed by atoms with Crippen LogP contribution >= 0.6 is 11.8 Å². The molecule has 0 aliphatic carbocycles. The van der Waals surface area contributed by atoms with Crippen molar-refractivity contribution in [3.05, 3.63) is 60.4 Å². The topological polar surface area (TPSA) is 95.3 Å². The summed E-state index contributed by atoms with van der Waals surface area (Å²) in [6, 6.07) is 15.3. The van der Waals surface area contributed by atoms with Crippen molar-refractivity contribution < 1.29 is 23.5 Å². The first-order valence-electron chi connectivity index (χ1n) is 9.39. The Hall–Kier alpha value is -3.24. The lowest BCUT2D eigenvalue weighted by Crippen LogP contribution is -2.31. The lowest BCUT2D eigenvalue weighted by Gasteiger charge is -2.10. The predicted molar refractivity (Wildman–Crippen MR) is 113 cm³/mol. The molecular formula is C21H21FN4O4S. The van der Waals surface area contributed by atoms with E-state index < -0.39 is 11.9 Å². The summed E-state index contributed by atoms with van der Waals surface area (Å²) in [5.74, 6) is -0.850. The number of ether oxygens (including phenoxy) is 2. The van der Waals surface area contributed by atoms with Crippen molar-refractivity contribution >= 4 is 23.6 Å². The molecule has 3 aromatic rings. The van der Waals surface area contributed by atoms with E-state index in [4.69, 9.17) is 9.47 Å². The van der Waals surface area contributed by atoms with E-state index in [2.05, 4.69) is 15.5 Å². The molecular weight excluding hydrogens is 423 g/mol. The molecule has 0 fully saturated rings. The highest BCUT2D eigenvalue weighted by Gasteiger charge is 2.18. The molecule has 0 atom stereocenters. The van der Waals surface area contributed by atoms with Crippen molar-refractivity contribution in [3.8, 4) is 17.1 Å².